The lowest BCUT2D eigenvalue weighted by Crippen LogP contribution is -2.09. The Hall–Kier alpha value is -1.64. The van der Waals surface area contributed by atoms with Gasteiger partial charge in [0.25, 0.3) is 0 Å². The minimum absolute atomic E-state index is 0.0432. The quantitative estimate of drug-likeness (QED) is 0.681. The number of rotatable bonds is 3. The fraction of sp³-hybridized carbons (Fsp3) is 0.273. The Morgan fingerprint density at radius 3 is 2.57 bits per heavy atom. The van der Waals surface area contributed by atoms with Crippen LogP contribution in [0.25, 0.3) is 6.08 Å². The molecule has 0 saturated heterocycles. The van der Waals surface area contributed by atoms with E-state index >= 15 is 0 Å². The molecule has 0 aromatic carbocycles. The van der Waals surface area contributed by atoms with Crippen molar-refractivity contribution in [3.63, 3.8) is 0 Å². The van der Waals surface area contributed by atoms with E-state index in [4.69, 9.17) is 0 Å². The number of allylic oxidation sites excluding steroid dienone is 1. The maximum absolute atomic E-state index is 10.7. The third-order valence-electron chi connectivity index (χ3n) is 1.74. The second kappa shape index (κ2) is 4.56. The zero-order valence-electron chi connectivity index (χ0n) is 8.69. The van der Waals surface area contributed by atoms with E-state index in [1.165, 1.54) is 13.0 Å². The van der Waals surface area contributed by atoms with E-state index in [0.717, 1.165) is 11.4 Å². The van der Waals surface area contributed by atoms with Gasteiger partial charge >= 0.3 is 0 Å². The molecule has 0 fully saturated rings. The molecule has 0 saturated carbocycles. The molecular weight excluding hydrogens is 176 g/mol. The molecule has 0 aliphatic carbocycles. The highest BCUT2D eigenvalue weighted by atomic mass is 16.1. The highest BCUT2D eigenvalue weighted by molar-refractivity contribution is 5.91. The first-order valence-corrected chi connectivity index (χ1v) is 4.41. The van der Waals surface area contributed by atoms with Crippen molar-refractivity contribution < 1.29 is 4.79 Å². The molecule has 3 heteroatoms. The molecule has 0 spiro atoms. The Bertz CT molecular complexity index is 339. The summed E-state index contributed by atoms with van der Waals surface area (Å²) in [6.45, 7) is 1.53. The van der Waals surface area contributed by atoms with Gasteiger partial charge in [-0.1, -0.05) is 0 Å². The van der Waals surface area contributed by atoms with Crippen LogP contribution in [-0.4, -0.2) is 24.9 Å². The van der Waals surface area contributed by atoms with E-state index in [1.54, 1.807) is 12.3 Å². The van der Waals surface area contributed by atoms with Gasteiger partial charge in [0, 0.05) is 20.3 Å². The SMILES string of the molecule is CC(=O)/C=C/c1ccc(N(C)C)nc1. The first kappa shape index (κ1) is 10.4. The topological polar surface area (TPSA) is 33.2 Å². The minimum Gasteiger partial charge on any atom is -0.363 e. The molecule has 74 valence electrons. The normalized spacial score (nSPS) is 10.5. The average molecular weight is 190 g/mol. The summed E-state index contributed by atoms with van der Waals surface area (Å²) in [6.07, 6.45) is 5.04. The van der Waals surface area contributed by atoms with Crippen LogP contribution in [0, 0.1) is 0 Å². The van der Waals surface area contributed by atoms with E-state index in [2.05, 4.69) is 4.98 Å². The molecule has 0 radical (unpaired) electrons. The van der Waals surface area contributed by atoms with Gasteiger partial charge in [-0.05, 0) is 36.8 Å². The van der Waals surface area contributed by atoms with Crippen molar-refractivity contribution in [3.8, 4) is 0 Å². The highest BCUT2D eigenvalue weighted by Crippen LogP contribution is 2.08. The second-order valence-corrected chi connectivity index (χ2v) is 3.29. The van der Waals surface area contributed by atoms with E-state index in [1.807, 2.05) is 31.1 Å². The number of pyridine rings is 1. The van der Waals surface area contributed by atoms with Crippen LogP contribution in [0.2, 0.25) is 0 Å². The highest BCUT2D eigenvalue weighted by Gasteiger charge is 1.94. The van der Waals surface area contributed by atoms with E-state index < -0.39 is 0 Å². The fourth-order valence-corrected chi connectivity index (χ4v) is 0.974. The largest absolute Gasteiger partial charge is 0.363 e. The molecule has 0 amide bonds. The van der Waals surface area contributed by atoms with Crippen LogP contribution in [0.15, 0.2) is 24.4 Å². The van der Waals surface area contributed by atoms with Gasteiger partial charge in [-0.3, -0.25) is 4.79 Å². The summed E-state index contributed by atoms with van der Waals surface area (Å²) in [7, 11) is 3.88. The second-order valence-electron chi connectivity index (χ2n) is 3.29. The van der Waals surface area contributed by atoms with Gasteiger partial charge in [0.05, 0.1) is 0 Å². The first-order valence-electron chi connectivity index (χ1n) is 4.41. The van der Waals surface area contributed by atoms with Crippen molar-refractivity contribution in [2.24, 2.45) is 0 Å². The van der Waals surface area contributed by atoms with Gasteiger partial charge in [0.15, 0.2) is 5.78 Å². The first-order chi connectivity index (χ1) is 6.59. The molecule has 1 rings (SSSR count). The molecule has 0 atom stereocenters. The zero-order valence-corrected chi connectivity index (χ0v) is 8.69. The Labute approximate surface area is 84.1 Å². The van der Waals surface area contributed by atoms with Crippen LogP contribution < -0.4 is 4.90 Å². The smallest absolute Gasteiger partial charge is 0.152 e. The Morgan fingerprint density at radius 1 is 1.43 bits per heavy atom. The Morgan fingerprint density at radius 2 is 2.14 bits per heavy atom. The van der Waals surface area contributed by atoms with Gasteiger partial charge in [-0.15, -0.1) is 0 Å². The number of hydrogen-bond acceptors (Lipinski definition) is 3. The molecule has 0 N–H and O–H groups in total. The van der Waals surface area contributed by atoms with Crippen molar-refractivity contribution in [1.82, 2.24) is 4.98 Å². The summed E-state index contributed by atoms with van der Waals surface area (Å²) in [4.78, 5) is 16.8. The Kier molecular flexibility index (Phi) is 3.40. The number of nitrogens with zero attached hydrogens (tertiary/aromatic N) is 2. The van der Waals surface area contributed by atoms with Crippen molar-refractivity contribution in [1.29, 1.82) is 0 Å². The van der Waals surface area contributed by atoms with E-state index in [0.29, 0.717) is 0 Å². The molecule has 1 heterocycles. The predicted octanol–water partition coefficient (Wildman–Crippen LogP) is 1.75. The van der Waals surface area contributed by atoms with Crippen LogP contribution in [0.1, 0.15) is 12.5 Å². The number of aromatic nitrogens is 1. The molecule has 1 aromatic rings. The number of carbonyl (C=O) groups is 1. The minimum atomic E-state index is 0.0432. The third kappa shape index (κ3) is 3.01. The summed E-state index contributed by atoms with van der Waals surface area (Å²) in [5.41, 5.74) is 0.936. The lowest BCUT2D eigenvalue weighted by atomic mass is 10.2. The summed E-state index contributed by atoms with van der Waals surface area (Å²) >= 11 is 0. The lowest BCUT2D eigenvalue weighted by Gasteiger charge is -2.10. The maximum atomic E-state index is 10.7. The van der Waals surface area contributed by atoms with Crippen molar-refractivity contribution in [3.05, 3.63) is 30.0 Å². The monoisotopic (exact) mass is 190 g/mol. The summed E-state index contributed by atoms with van der Waals surface area (Å²) in [6, 6.07) is 3.85. The standard InChI is InChI=1S/C11H14N2O/c1-9(14)4-5-10-6-7-11(12-8-10)13(2)3/h4-8H,1-3H3/b5-4+. The van der Waals surface area contributed by atoms with Crippen molar-refractivity contribution >= 4 is 17.7 Å². The fourth-order valence-electron chi connectivity index (χ4n) is 0.974. The molecule has 1 aromatic heterocycles. The summed E-state index contributed by atoms with van der Waals surface area (Å²) < 4.78 is 0. The molecule has 0 aliphatic heterocycles. The van der Waals surface area contributed by atoms with Gasteiger partial charge in [-0.25, -0.2) is 4.98 Å². The van der Waals surface area contributed by atoms with E-state index in [9.17, 15) is 4.79 Å². The van der Waals surface area contributed by atoms with Crippen LogP contribution in [-0.2, 0) is 4.79 Å². The number of anilines is 1. The van der Waals surface area contributed by atoms with Gasteiger partial charge in [0.1, 0.15) is 5.82 Å². The average Bonchev–Trinajstić information content (AvgIpc) is 2.15. The van der Waals surface area contributed by atoms with Gasteiger partial charge < -0.3 is 4.90 Å². The molecule has 14 heavy (non-hydrogen) atoms. The van der Waals surface area contributed by atoms with Crippen LogP contribution in [0.4, 0.5) is 5.82 Å². The third-order valence-corrected chi connectivity index (χ3v) is 1.74. The van der Waals surface area contributed by atoms with Crippen LogP contribution in [0.5, 0.6) is 0 Å². The predicted molar refractivity (Wildman–Crippen MR) is 58.3 cm³/mol. The number of ketones is 1. The molecule has 0 aliphatic rings. The number of carbonyl (C=O) groups excluding carboxylic acids is 1. The van der Waals surface area contributed by atoms with Crippen molar-refractivity contribution in [2.45, 2.75) is 6.92 Å². The summed E-state index contributed by atoms with van der Waals surface area (Å²) in [5.74, 6) is 0.951. The van der Waals surface area contributed by atoms with Gasteiger partial charge in [-0.2, -0.15) is 0 Å². The molecule has 0 unspecified atom stereocenters. The summed E-state index contributed by atoms with van der Waals surface area (Å²) in [5, 5.41) is 0. The van der Waals surface area contributed by atoms with Crippen LogP contribution >= 0.6 is 0 Å². The lowest BCUT2D eigenvalue weighted by molar-refractivity contribution is -0.112. The molecular formula is C11H14N2O. The van der Waals surface area contributed by atoms with Crippen molar-refractivity contribution in [2.75, 3.05) is 19.0 Å². The van der Waals surface area contributed by atoms with Crippen LogP contribution in [0.3, 0.4) is 0 Å². The molecule has 3 nitrogen and oxygen atoms in total. The van der Waals surface area contributed by atoms with Gasteiger partial charge in [0.2, 0.25) is 0 Å². The molecule has 0 bridgehead atoms. The number of hydrogen-bond donors (Lipinski definition) is 0. The Balaban J connectivity index is 2.78. The van der Waals surface area contributed by atoms with E-state index in [-0.39, 0.29) is 5.78 Å². The maximum Gasteiger partial charge on any atom is 0.152 e. The zero-order chi connectivity index (χ0) is 10.6.